The second-order valence-corrected chi connectivity index (χ2v) is 4.50. The van der Waals surface area contributed by atoms with Crippen LogP contribution in [-0.4, -0.2) is 16.8 Å². The third kappa shape index (κ3) is 3.66. The lowest BCUT2D eigenvalue weighted by atomic mass is 10.2. The number of anilines is 3. The molecule has 0 saturated heterocycles. The molecule has 1 N–H and O–H groups in total. The molecule has 108 valence electrons. The maximum atomic E-state index is 12.2. The molecule has 2 aromatic rings. The minimum atomic E-state index is -0.158. The third-order valence-corrected chi connectivity index (χ3v) is 2.86. The van der Waals surface area contributed by atoms with Gasteiger partial charge < -0.3 is 5.32 Å². The normalized spacial score (nSPS) is 10.0. The van der Waals surface area contributed by atoms with Crippen LogP contribution >= 0.6 is 0 Å². The Morgan fingerprint density at radius 2 is 1.86 bits per heavy atom. The van der Waals surface area contributed by atoms with E-state index < -0.39 is 0 Å². The van der Waals surface area contributed by atoms with Crippen LogP contribution in [0.15, 0.2) is 48.7 Å². The first-order chi connectivity index (χ1) is 10.1. The zero-order chi connectivity index (χ0) is 15.2. The van der Waals surface area contributed by atoms with E-state index in [1.54, 1.807) is 17.0 Å². The molecule has 1 aromatic heterocycles. The lowest BCUT2D eigenvalue weighted by Crippen LogP contribution is -2.25. The number of pyridine rings is 1. The molecule has 0 spiro atoms. The minimum absolute atomic E-state index is 0.0408. The Morgan fingerprint density at radius 3 is 2.38 bits per heavy atom. The van der Waals surface area contributed by atoms with Crippen molar-refractivity contribution in [1.82, 2.24) is 4.98 Å². The number of nitrogens with zero attached hydrogens (tertiary/aromatic N) is 2. The molecular formula is C16H17N3O2. The number of para-hydroxylation sites is 1. The number of amides is 2. The van der Waals surface area contributed by atoms with Crippen LogP contribution in [0.4, 0.5) is 17.2 Å². The molecule has 0 aliphatic heterocycles. The number of nitrogens with one attached hydrogen (secondary N) is 1. The quantitative estimate of drug-likeness (QED) is 0.937. The molecule has 0 aliphatic carbocycles. The van der Waals surface area contributed by atoms with E-state index in [-0.39, 0.29) is 11.8 Å². The Balaban J connectivity index is 2.33. The maximum Gasteiger partial charge on any atom is 0.232 e. The van der Waals surface area contributed by atoms with Gasteiger partial charge in [0.2, 0.25) is 11.8 Å². The van der Waals surface area contributed by atoms with Crippen molar-refractivity contribution < 1.29 is 9.59 Å². The molecule has 5 nitrogen and oxygen atoms in total. The first-order valence-corrected chi connectivity index (χ1v) is 6.73. The average molecular weight is 283 g/mol. The summed E-state index contributed by atoms with van der Waals surface area (Å²) in [6, 6.07) is 12.8. The van der Waals surface area contributed by atoms with Crippen LogP contribution in [0, 0.1) is 0 Å². The van der Waals surface area contributed by atoms with Gasteiger partial charge in [-0.3, -0.25) is 14.5 Å². The molecule has 1 heterocycles. The van der Waals surface area contributed by atoms with Gasteiger partial charge in [-0.15, -0.1) is 0 Å². The molecule has 0 radical (unpaired) electrons. The van der Waals surface area contributed by atoms with Gasteiger partial charge in [0.1, 0.15) is 5.82 Å². The average Bonchev–Trinajstić information content (AvgIpc) is 2.49. The van der Waals surface area contributed by atoms with E-state index in [1.807, 2.05) is 37.3 Å². The number of benzene rings is 1. The fourth-order valence-electron chi connectivity index (χ4n) is 1.93. The molecule has 0 bridgehead atoms. The van der Waals surface area contributed by atoms with E-state index in [4.69, 9.17) is 0 Å². The maximum absolute atomic E-state index is 12.2. The van der Waals surface area contributed by atoms with E-state index in [9.17, 15) is 9.59 Å². The van der Waals surface area contributed by atoms with Gasteiger partial charge in [-0.25, -0.2) is 4.98 Å². The minimum Gasteiger partial charge on any atom is -0.325 e. The fraction of sp³-hybridized carbons (Fsp3) is 0.188. The highest BCUT2D eigenvalue weighted by Crippen LogP contribution is 2.25. The van der Waals surface area contributed by atoms with Gasteiger partial charge in [-0.2, -0.15) is 0 Å². The molecule has 0 unspecified atom stereocenters. The highest BCUT2D eigenvalue weighted by Gasteiger charge is 2.17. The Labute approximate surface area is 123 Å². The summed E-state index contributed by atoms with van der Waals surface area (Å²) in [7, 11) is 0. The van der Waals surface area contributed by atoms with Crippen LogP contribution in [0.2, 0.25) is 0 Å². The zero-order valence-corrected chi connectivity index (χ0v) is 12.0. The Hall–Kier alpha value is -2.69. The Kier molecular flexibility index (Phi) is 4.66. The second kappa shape index (κ2) is 6.65. The molecule has 0 fully saturated rings. The molecule has 2 amide bonds. The van der Waals surface area contributed by atoms with Crippen LogP contribution in [0.5, 0.6) is 0 Å². The van der Waals surface area contributed by atoms with Crippen molar-refractivity contribution in [3.63, 3.8) is 0 Å². The highest BCUT2D eigenvalue weighted by molar-refractivity contribution is 5.99. The van der Waals surface area contributed by atoms with Crippen molar-refractivity contribution in [3.05, 3.63) is 48.7 Å². The van der Waals surface area contributed by atoms with Crippen LogP contribution in [-0.2, 0) is 9.59 Å². The standard InChI is InChI=1S/C16H17N3O2/c1-3-16(21)19(14-7-5-4-6-8-14)15-10-9-13(11-17-15)18-12(2)20/h4-11H,3H2,1-2H3,(H,18,20). The van der Waals surface area contributed by atoms with E-state index >= 15 is 0 Å². The summed E-state index contributed by atoms with van der Waals surface area (Å²) in [6.45, 7) is 3.24. The molecule has 5 heteroatoms. The van der Waals surface area contributed by atoms with Gasteiger partial charge in [0, 0.05) is 13.3 Å². The lowest BCUT2D eigenvalue weighted by Gasteiger charge is -2.21. The second-order valence-electron chi connectivity index (χ2n) is 4.50. The first-order valence-electron chi connectivity index (χ1n) is 6.73. The van der Waals surface area contributed by atoms with Crippen molar-refractivity contribution in [2.75, 3.05) is 10.2 Å². The SMILES string of the molecule is CCC(=O)N(c1ccccc1)c1ccc(NC(C)=O)cn1. The first kappa shape index (κ1) is 14.7. The molecule has 0 saturated carbocycles. The summed E-state index contributed by atoms with van der Waals surface area (Å²) in [5.74, 6) is 0.331. The van der Waals surface area contributed by atoms with Crippen LogP contribution in [0.1, 0.15) is 20.3 Å². The van der Waals surface area contributed by atoms with Gasteiger partial charge in [-0.05, 0) is 24.3 Å². The lowest BCUT2D eigenvalue weighted by molar-refractivity contribution is -0.117. The topological polar surface area (TPSA) is 62.3 Å². The summed E-state index contributed by atoms with van der Waals surface area (Å²) in [5, 5.41) is 2.65. The number of hydrogen-bond acceptors (Lipinski definition) is 3. The summed E-state index contributed by atoms with van der Waals surface area (Å²) < 4.78 is 0. The van der Waals surface area contributed by atoms with Gasteiger partial charge in [0.15, 0.2) is 0 Å². The van der Waals surface area contributed by atoms with Crippen molar-refractivity contribution in [1.29, 1.82) is 0 Å². The summed E-state index contributed by atoms with van der Waals surface area (Å²) in [6.07, 6.45) is 1.92. The number of carbonyl (C=O) groups excluding carboxylic acids is 2. The number of rotatable bonds is 4. The van der Waals surface area contributed by atoms with Gasteiger partial charge >= 0.3 is 0 Å². The van der Waals surface area contributed by atoms with Gasteiger partial charge in [0.25, 0.3) is 0 Å². The van der Waals surface area contributed by atoms with Crippen LogP contribution in [0.25, 0.3) is 0 Å². The molecule has 0 aliphatic rings. The van der Waals surface area contributed by atoms with Crippen molar-refractivity contribution in [2.45, 2.75) is 20.3 Å². The fourth-order valence-corrected chi connectivity index (χ4v) is 1.93. The monoisotopic (exact) mass is 283 g/mol. The van der Waals surface area contributed by atoms with Crippen LogP contribution < -0.4 is 10.2 Å². The van der Waals surface area contributed by atoms with Crippen molar-refractivity contribution in [3.8, 4) is 0 Å². The van der Waals surface area contributed by atoms with Gasteiger partial charge in [0.05, 0.1) is 17.6 Å². The van der Waals surface area contributed by atoms with E-state index in [0.717, 1.165) is 5.69 Å². The summed E-state index contributed by atoms with van der Waals surface area (Å²) >= 11 is 0. The predicted molar refractivity (Wildman–Crippen MR) is 82.4 cm³/mol. The number of aromatic nitrogens is 1. The molecule has 2 rings (SSSR count). The smallest absolute Gasteiger partial charge is 0.232 e. The van der Waals surface area contributed by atoms with Gasteiger partial charge in [-0.1, -0.05) is 25.1 Å². The van der Waals surface area contributed by atoms with Crippen LogP contribution in [0.3, 0.4) is 0 Å². The van der Waals surface area contributed by atoms with E-state index in [0.29, 0.717) is 17.9 Å². The largest absolute Gasteiger partial charge is 0.325 e. The van der Waals surface area contributed by atoms with E-state index in [2.05, 4.69) is 10.3 Å². The Bertz CT molecular complexity index is 624. The number of hydrogen-bond donors (Lipinski definition) is 1. The Morgan fingerprint density at radius 1 is 1.14 bits per heavy atom. The highest BCUT2D eigenvalue weighted by atomic mass is 16.2. The summed E-state index contributed by atoms with van der Waals surface area (Å²) in [5.41, 5.74) is 1.37. The zero-order valence-electron chi connectivity index (χ0n) is 12.0. The van der Waals surface area contributed by atoms with E-state index in [1.165, 1.54) is 13.1 Å². The third-order valence-electron chi connectivity index (χ3n) is 2.86. The van der Waals surface area contributed by atoms with Crippen molar-refractivity contribution >= 4 is 29.0 Å². The number of carbonyl (C=O) groups is 2. The van der Waals surface area contributed by atoms with Crippen molar-refractivity contribution in [2.24, 2.45) is 0 Å². The molecule has 21 heavy (non-hydrogen) atoms. The molecular weight excluding hydrogens is 266 g/mol. The predicted octanol–water partition coefficient (Wildman–Crippen LogP) is 3.11. The molecule has 0 atom stereocenters. The summed E-state index contributed by atoms with van der Waals surface area (Å²) in [4.78, 5) is 29.0. The molecule has 1 aromatic carbocycles.